The molecule has 7 heteroatoms. The first-order valence-corrected chi connectivity index (χ1v) is 8.35. The third-order valence-corrected chi connectivity index (χ3v) is 4.56. The summed E-state index contributed by atoms with van der Waals surface area (Å²) in [5.41, 5.74) is 9.84. The topological polar surface area (TPSA) is 67.9 Å². The lowest BCUT2D eigenvalue weighted by atomic mass is 9.95. The molecule has 0 atom stereocenters. The number of nitrogens with one attached hydrogen (secondary N) is 1. The molecule has 0 fully saturated rings. The van der Waals surface area contributed by atoms with Gasteiger partial charge in [-0.2, -0.15) is 0 Å². The van der Waals surface area contributed by atoms with Gasteiger partial charge >= 0.3 is 6.21 Å². The molecule has 1 N–H and O–H groups in total. The Kier molecular flexibility index (Phi) is 4.89. The van der Waals surface area contributed by atoms with Crippen molar-refractivity contribution in [3.05, 3.63) is 62.6 Å². The molecule has 0 amide bonds. The molecule has 124 valence electrons. The number of hydrogen-bond donors (Lipinski definition) is 1. The summed E-state index contributed by atoms with van der Waals surface area (Å²) in [4.78, 5) is 20.3. The van der Waals surface area contributed by atoms with Crippen LogP contribution in [0.25, 0.3) is 22.2 Å². The maximum absolute atomic E-state index is 12.5. The van der Waals surface area contributed by atoms with Crippen LogP contribution in [0.2, 0.25) is 15.1 Å². The molecule has 0 aliphatic rings. The number of benzene rings is 2. The molecule has 1 heterocycles. The number of carbonyl (C=O) groups excluding carboxylic acids is 1. The number of rotatable bonds is 3. The predicted molar refractivity (Wildman–Crippen MR) is 100 cm³/mol. The summed E-state index contributed by atoms with van der Waals surface area (Å²) < 4.78 is 0. The zero-order valence-corrected chi connectivity index (χ0v) is 15.2. The van der Waals surface area contributed by atoms with Crippen LogP contribution < -0.4 is 0 Å². The van der Waals surface area contributed by atoms with Crippen LogP contribution in [-0.2, 0) is 0 Å². The second-order valence-electron chi connectivity index (χ2n) is 5.37. The number of nitrogens with zero attached hydrogens (tertiary/aromatic N) is 2. The molecule has 0 aliphatic heterocycles. The second-order valence-corrected chi connectivity index (χ2v) is 6.65. The van der Waals surface area contributed by atoms with Crippen molar-refractivity contribution in [3.8, 4) is 11.3 Å². The fourth-order valence-electron chi connectivity index (χ4n) is 2.72. The van der Waals surface area contributed by atoms with Gasteiger partial charge in [0.15, 0.2) is 0 Å². The molecule has 0 spiro atoms. The number of pyridine rings is 1. The summed E-state index contributed by atoms with van der Waals surface area (Å²) in [6, 6.07) is 10.4. The molecule has 4 nitrogen and oxygen atoms in total. The lowest BCUT2D eigenvalue weighted by Gasteiger charge is -2.13. The number of Topliss-reactive ketones (excluding diaryl/α,β-unsaturated/α-hetero) is 1. The van der Waals surface area contributed by atoms with Crippen molar-refractivity contribution in [1.82, 2.24) is 4.98 Å². The largest absolute Gasteiger partial charge is 0.377 e. The zero-order chi connectivity index (χ0) is 18.1. The molecule has 0 bridgehead atoms. The quantitative estimate of drug-likeness (QED) is 0.271. The minimum Gasteiger partial charge on any atom is -0.281 e. The van der Waals surface area contributed by atoms with E-state index in [9.17, 15) is 4.79 Å². The van der Waals surface area contributed by atoms with E-state index in [1.165, 1.54) is 0 Å². The van der Waals surface area contributed by atoms with Gasteiger partial charge in [-0.1, -0.05) is 46.9 Å². The Labute approximate surface area is 158 Å². The Morgan fingerprint density at radius 2 is 1.80 bits per heavy atom. The van der Waals surface area contributed by atoms with Crippen molar-refractivity contribution < 1.29 is 9.58 Å². The van der Waals surface area contributed by atoms with Gasteiger partial charge in [0.1, 0.15) is 0 Å². The summed E-state index contributed by atoms with van der Waals surface area (Å²) in [6.45, 7) is 1.79. The van der Waals surface area contributed by atoms with Crippen molar-refractivity contribution in [1.29, 1.82) is 5.53 Å². The first kappa shape index (κ1) is 17.6. The van der Waals surface area contributed by atoms with Crippen molar-refractivity contribution in [2.45, 2.75) is 6.92 Å². The smallest absolute Gasteiger partial charge is 0.281 e. The van der Waals surface area contributed by atoms with Crippen LogP contribution in [0.3, 0.4) is 0 Å². The number of ketones is 1. The van der Waals surface area contributed by atoms with E-state index in [4.69, 9.17) is 40.3 Å². The van der Waals surface area contributed by atoms with Gasteiger partial charge in [0.05, 0.1) is 26.6 Å². The average molecular weight is 392 g/mol. The maximum atomic E-state index is 12.5. The Balaban J connectivity index is 2.44. The molecule has 0 saturated heterocycles. The summed E-state index contributed by atoms with van der Waals surface area (Å²) in [5, 5.41) is 1.87. The van der Waals surface area contributed by atoms with Crippen LogP contribution in [0, 0.1) is 12.5 Å². The van der Waals surface area contributed by atoms with Crippen molar-refractivity contribution >= 4 is 57.7 Å². The third-order valence-electron chi connectivity index (χ3n) is 3.80. The van der Waals surface area contributed by atoms with E-state index in [-0.39, 0.29) is 0 Å². The van der Waals surface area contributed by atoms with E-state index in [1.54, 1.807) is 31.2 Å². The maximum Gasteiger partial charge on any atom is 0.377 e. The first-order chi connectivity index (χ1) is 11.9. The predicted octanol–water partition coefficient (Wildman–Crippen LogP) is 5.66. The van der Waals surface area contributed by atoms with E-state index in [1.807, 2.05) is 12.1 Å². The Bertz CT molecular complexity index is 1060. The monoisotopic (exact) mass is 390 g/mol. The lowest BCUT2D eigenvalue weighted by Crippen LogP contribution is -2.08. The molecule has 2 aromatic carbocycles. The molecule has 3 aromatic rings. The summed E-state index contributed by atoms with van der Waals surface area (Å²) in [7, 11) is 0. The van der Waals surface area contributed by atoms with Crippen LogP contribution in [0.4, 0.5) is 0 Å². The number of halogens is 3. The van der Waals surface area contributed by atoms with E-state index >= 15 is 0 Å². The summed E-state index contributed by atoms with van der Waals surface area (Å²) >= 11 is 18.3. The first-order valence-electron chi connectivity index (χ1n) is 7.21. The van der Waals surface area contributed by atoms with Gasteiger partial charge in [-0.05, 0) is 36.8 Å². The molecular weight excluding hydrogens is 381 g/mol. The van der Waals surface area contributed by atoms with Crippen LogP contribution in [0.1, 0.15) is 15.9 Å². The highest BCUT2D eigenvalue weighted by atomic mass is 35.5. The van der Waals surface area contributed by atoms with Gasteiger partial charge in [-0.25, -0.2) is 4.98 Å². The minimum absolute atomic E-state index is 0.342. The van der Waals surface area contributed by atoms with Gasteiger partial charge < -0.3 is 0 Å². The molecule has 0 unspecified atom stereocenters. The highest BCUT2D eigenvalue weighted by Crippen LogP contribution is 2.35. The number of hydrogen-bond acceptors (Lipinski definition) is 3. The highest BCUT2D eigenvalue weighted by molar-refractivity contribution is 6.41. The molecule has 0 saturated carbocycles. The molecule has 1 aromatic heterocycles. The van der Waals surface area contributed by atoms with Crippen LogP contribution in [0.15, 0.2) is 36.4 Å². The number of fused-ring (bicyclic) bond motifs is 1. The lowest BCUT2D eigenvalue weighted by molar-refractivity contribution is -0.111. The number of carbonyl (C=O) groups is 1. The third kappa shape index (κ3) is 3.30. The molecule has 0 radical (unpaired) electrons. The van der Waals surface area contributed by atoms with E-state index in [2.05, 4.69) is 9.77 Å². The highest BCUT2D eigenvalue weighted by Gasteiger charge is 2.22. The summed E-state index contributed by atoms with van der Waals surface area (Å²) in [5.74, 6) is -0.409. The second kappa shape index (κ2) is 6.95. The van der Waals surface area contributed by atoms with Crippen molar-refractivity contribution in [3.63, 3.8) is 0 Å². The molecule has 0 aliphatic carbocycles. The average Bonchev–Trinajstić information content (AvgIpc) is 2.55. The van der Waals surface area contributed by atoms with Gasteiger partial charge in [0.25, 0.3) is 5.78 Å². The Hall–Kier alpha value is -2.23. The van der Waals surface area contributed by atoms with Crippen molar-refractivity contribution in [2.75, 3.05) is 0 Å². The van der Waals surface area contributed by atoms with Gasteiger partial charge in [0.2, 0.25) is 0 Å². The fraction of sp³-hybridized carbons (Fsp3) is 0.0556. The van der Waals surface area contributed by atoms with Crippen LogP contribution >= 0.6 is 34.8 Å². The van der Waals surface area contributed by atoms with Gasteiger partial charge in [-0.15, -0.1) is 0 Å². The summed E-state index contributed by atoms with van der Waals surface area (Å²) in [6.07, 6.45) is 0.947. The zero-order valence-electron chi connectivity index (χ0n) is 13.0. The SMILES string of the molecule is Cc1c(-c2ccc(Cl)cc2)nc2c(Cl)cc(Cl)cc2c1C(=O)C=[N+]=N. The minimum atomic E-state index is -0.409. The van der Waals surface area contributed by atoms with Crippen LogP contribution in [-0.4, -0.2) is 21.8 Å². The fourth-order valence-corrected chi connectivity index (χ4v) is 3.38. The van der Waals surface area contributed by atoms with Gasteiger partial charge in [-0.3, -0.25) is 4.79 Å². The van der Waals surface area contributed by atoms with Crippen LogP contribution in [0.5, 0.6) is 0 Å². The van der Waals surface area contributed by atoms with E-state index in [0.29, 0.717) is 42.8 Å². The number of aromatic nitrogens is 1. The standard InChI is InChI=1S/C18H11Cl3N3O/c1-9-16(15(25)8-23-22)13-6-12(20)7-14(21)18(13)24-17(9)10-2-4-11(19)5-3-10/h2-8,22H,1H3/q+1. The Morgan fingerprint density at radius 1 is 1.12 bits per heavy atom. The van der Waals surface area contributed by atoms with E-state index in [0.717, 1.165) is 11.8 Å². The normalized spacial score (nSPS) is 10.6. The molecular formula is C18H11Cl3N3O+. The molecule has 25 heavy (non-hydrogen) atoms. The Morgan fingerprint density at radius 3 is 2.44 bits per heavy atom. The van der Waals surface area contributed by atoms with Gasteiger partial charge in [0, 0.05) is 26.6 Å². The van der Waals surface area contributed by atoms with E-state index < -0.39 is 5.78 Å². The molecule has 3 rings (SSSR count). The van der Waals surface area contributed by atoms with Crippen molar-refractivity contribution in [2.24, 2.45) is 0 Å².